The van der Waals surface area contributed by atoms with E-state index in [1.54, 1.807) is 0 Å². The Morgan fingerprint density at radius 2 is 1.91 bits per heavy atom. The molecule has 0 aromatic heterocycles. The van der Waals surface area contributed by atoms with Gasteiger partial charge in [0.05, 0.1) is 19.1 Å². The molecule has 3 fully saturated rings. The van der Waals surface area contributed by atoms with Gasteiger partial charge in [-0.05, 0) is 56.2 Å². The summed E-state index contributed by atoms with van der Waals surface area (Å²) in [6, 6.07) is 5.74. The number of fused-ring (bicyclic) bond motifs is 3. The number of urea groups is 1. The number of hydrogen-bond donors (Lipinski definition) is 4. The number of amides is 3. The van der Waals surface area contributed by atoms with E-state index >= 15 is 0 Å². The van der Waals surface area contributed by atoms with Crippen molar-refractivity contribution in [3.05, 3.63) is 23.8 Å². The zero-order valence-electron chi connectivity index (χ0n) is 19.1. The number of rotatable bonds is 7. The molecule has 4 aliphatic rings. The number of nitrogens with one attached hydrogen (secondary N) is 3. The Morgan fingerprint density at radius 3 is 2.67 bits per heavy atom. The van der Waals surface area contributed by atoms with E-state index in [0.29, 0.717) is 12.3 Å². The van der Waals surface area contributed by atoms with Crippen LogP contribution in [0.2, 0.25) is 0 Å². The van der Waals surface area contributed by atoms with Gasteiger partial charge >= 0.3 is 6.03 Å². The Kier molecular flexibility index (Phi) is 6.74. The second-order valence-corrected chi connectivity index (χ2v) is 10.0. The topological polar surface area (TPSA) is 109 Å². The summed E-state index contributed by atoms with van der Waals surface area (Å²) < 4.78 is 12.2. The Bertz CT molecular complexity index is 868. The Morgan fingerprint density at radius 1 is 1.09 bits per heavy atom. The van der Waals surface area contributed by atoms with Crippen LogP contribution in [0.4, 0.5) is 10.5 Å². The van der Waals surface area contributed by atoms with E-state index in [0.717, 1.165) is 49.2 Å². The largest absolute Gasteiger partial charge is 0.487 e. The maximum absolute atomic E-state index is 12.5. The average molecular weight is 458 g/mol. The van der Waals surface area contributed by atoms with Crippen molar-refractivity contribution in [1.82, 2.24) is 10.6 Å². The minimum Gasteiger partial charge on any atom is -0.487 e. The van der Waals surface area contributed by atoms with Crippen molar-refractivity contribution in [2.24, 2.45) is 5.92 Å². The maximum atomic E-state index is 12.5. The SMILES string of the molecule is O=C(C[C@@H]1C[C@H]2c3cc(NC(=O)NC4CCCCC4)ccc3O[C@H]2[C@@H](CO)O1)NCC1CC1. The summed E-state index contributed by atoms with van der Waals surface area (Å²) in [7, 11) is 0. The average Bonchev–Trinajstić information content (AvgIpc) is 3.58. The third-order valence-corrected chi connectivity index (χ3v) is 7.40. The predicted octanol–water partition coefficient (Wildman–Crippen LogP) is 3.05. The summed E-state index contributed by atoms with van der Waals surface area (Å²) in [6.45, 7) is 0.579. The van der Waals surface area contributed by atoms with Crippen LogP contribution in [-0.4, -0.2) is 54.6 Å². The third kappa shape index (κ3) is 5.44. The minimum absolute atomic E-state index is 0.00372. The monoisotopic (exact) mass is 457 g/mol. The summed E-state index contributed by atoms with van der Waals surface area (Å²) in [5.41, 5.74) is 1.72. The van der Waals surface area contributed by atoms with Crippen molar-refractivity contribution >= 4 is 17.6 Å². The van der Waals surface area contributed by atoms with Crippen molar-refractivity contribution in [3.8, 4) is 5.75 Å². The summed E-state index contributed by atoms with van der Waals surface area (Å²) in [5, 5.41) is 19.0. The van der Waals surface area contributed by atoms with Crippen LogP contribution in [0.3, 0.4) is 0 Å². The first kappa shape index (κ1) is 22.5. The molecule has 0 spiro atoms. The molecule has 2 aliphatic carbocycles. The lowest BCUT2D eigenvalue weighted by molar-refractivity contribution is -0.142. The normalized spacial score (nSPS) is 28.9. The molecule has 3 amide bonds. The molecule has 33 heavy (non-hydrogen) atoms. The van der Waals surface area contributed by atoms with E-state index in [-0.39, 0.29) is 49.1 Å². The first-order chi connectivity index (χ1) is 16.1. The van der Waals surface area contributed by atoms with Crippen molar-refractivity contribution in [2.75, 3.05) is 18.5 Å². The van der Waals surface area contributed by atoms with Crippen molar-refractivity contribution in [2.45, 2.75) is 88.1 Å². The Balaban J connectivity index is 1.23. The molecule has 2 heterocycles. The van der Waals surface area contributed by atoms with Gasteiger partial charge in [-0.2, -0.15) is 0 Å². The van der Waals surface area contributed by atoms with Gasteiger partial charge in [0.15, 0.2) is 0 Å². The van der Waals surface area contributed by atoms with Crippen LogP contribution in [0.15, 0.2) is 18.2 Å². The zero-order valence-corrected chi connectivity index (χ0v) is 19.1. The van der Waals surface area contributed by atoms with E-state index in [1.807, 2.05) is 18.2 Å². The molecule has 8 heteroatoms. The molecule has 2 aliphatic heterocycles. The number of benzene rings is 1. The van der Waals surface area contributed by atoms with Gasteiger partial charge in [-0.25, -0.2) is 4.79 Å². The molecule has 1 saturated heterocycles. The van der Waals surface area contributed by atoms with E-state index < -0.39 is 6.10 Å². The molecule has 180 valence electrons. The second-order valence-electron chi connectivity index (χ2n) is 10.0. The molecule has 0 bridgehead atoms. The van der Waals surface area contributed by atoms with Crippen LogP contribution in [0.1, 0.15) is 69.3 Å². The Hall–Kier alpha value is -2.32. The molecule has 4 atom stereocenters. The summed E-state index contributed by atoms with van der Waals surface area (Å²) in [6.07, 6.45) is 7.91. The summed E-state index contributed by atoms with van der Waals surface area (Å²) >= 11 is 0. The smallest absolute Gasteiger partial charge is 0.319 e. The fraction of sp³-hybridized carbons (Fsp3) is 0.680. The highest BCUT2D eigenvalue weighted by Crippen LogP contribution is 2.47. The van der Waals surface area contributed by atoms with Crippen LogP contribution in [0.25, 0.3) is 0 Å². The van der Waals surface area contributed by atoms with Crippen molar-refractivity contribution < 1.29 is 24.2 Å². The molecule has 4 N–H and O–H groups in total. The van der Waals surface area contributed by atoms with Crippen molar-refractivity contribution in [3.63, 3.8) is 0 Å². The zero-order chi connectivity index (χ0) is 22.8. The predicted molar refractivity (Wildman–Crippen MR) is 123 cm³/mol. The van der Waals surface area contributed by atoms with Gasteiger partial charge in [-0.3, -0.25) is 4.79 Å². The van der Waals surface area contributed by atoms with Gasteiger partial charge in [0.25, 0.3) is 0 Å². The fourth-order valence-electron chi connectivity index (χ4n) is 5.43. The molecule has 5 rings (SSSR count). The van der Waals surface area contributed by atoms with Gasteiger partial charge in [0.2, 0.25) is 5.91 Å². The second kappa shape index (κ2) is 9.89. The molecule has 0 radical (unpaired) electrons. The summed E-state index contributed by atoms with van der Waals surface area (Å²) in [5.74, 6) is 1.39. The first-order valence-corrected chi connectivity index (χ1v) is 12.5. The number of aliphatic hydroxyl groups is 1. The molecular formula is C25H35N3O5. The lowest BCUT2D eigenvalue weighted by atomic mass is 9.84. The van der Waals surface area contributed by atoms with Crippen LogP contribution in [-0.2, 0) is 9.53 Å². The standard InChI is InChI=1S/C25H35N3O5/c29-14-22-24-20(11-18(32-22)12-23(30)26-13-15-6-7-15)19-10-17(8-9-21(19)33-24)28-25(31)27-16-4-2-1-3-5-16/h8-10,15-16,18,20,22,24,29H,1-7,11-14H2,(H,26,30)(H2,27,28,31)/t18-,20-,22+,24+/m0/s1. The van der Waals surface area contributed by atoms with Gasteiger partial charge in [-0.1, -0.05) is 19.3 Å². The number of aliphatic hydroxyl groups excluding tert-OH is 1. The molecule has 1 aromatic carbocycles. The van der Waals surface area contributed by atoms with E-state index in [9.17, 15) is 14.7 Å². The summed E-state index contributed by atoms with van der Waals surface area (Å²) in [4.78, 5) is 24.9. The quantitative estimate of drug-likeness (QED) is 0.503. The fourth-order valence-corrected chi connectivity index (χ4v) is 5.43. The lowest BCUT2D eigenvalue weighted by Crippen LogP contribution is -2.47. The van der Waals surface area contributed by atoms with Crippen molar-refractivity contribution in [1.29, 1.82) is 0 Å². The van der Waals surface area contributed by atoms with E-state index in [2.05, 4.69) is 16.0 Å². The highest BCUT2D eigenvalue weighted by Gasteiger charge is 2.46. The van der Waals surface area contributed by atoms with Crippen LogP contribution < -0.4 is 20.7 Å². The third-order valence-electron chi connectivity index (χ3n) is 7.40. The van der Waals surface area contributed by atoms with E-state index in [4.69, 9.17) is 9.47 Å². The molecule has 2 saturated carbocycles. The highest BCUT2D eigenvalue weighted by molar-refractivity contribution is 5.89. The van der Waals surface area contributed by atoms with Crippen LogP contribution in [0, 0.1) is 5.92 Å². The Labute approximate surface area is 194 Å². The number of carbonyl (C=O) groups excluding carboxylic acids is 2. The first-order valence-electron chi connectivity index (χ1n) is 12.5. The number of ether oxygens (including phenoxy) is 2. The number of carbonyl (C=O) groups is 2. The number of anilines is 1. The lowest BCUT2D eigenvalue weighted by Gasteiger charge is -2.37. The van der Waals surface area contributed by atoms with Gasteiger partial charge in [-0.15, -0.1) is 0 Å². The van der Waals surface area contributed by atoms with Crippen LogP contribution in [0.5, 0.6) is 5.75 Å². The molecule has 0 unspecified atom stereocenters. The number of hydrogen-bond acceptors (Lipinski definition) is 5. The van der Waals surface area contributed by atoms with Gasteiger partial charge < -0.3 is 30.5 Å². The van der Waals surface area contributed by atoms with E-state index in [1.165, 1.54) is 19.3 Å². The highest BCUT2D eigenvalue weighted by atomic mass is 16.6. The molecule has 8 nitrogen and oxygen atoms in total. The van der Waals surface area contributed by atoms with Gasteiger partial charge in [0.1, 0.15) is 18.0 Å². The molecular weight excluding hydrogens is 422 g/mol. The van der Waals surface area contributed by atoms with Gasteiger partial charge in [0, 0.05) is 29.8 Å². The minimum atomic E-state index is -0.483. The maximum Gasteiger partial charge on any atom is 0.319 e. The molecule has 1 aromatic rings. The van der Waals surface area contributed by atoms with Crippen LogP contribution >= 0.6 is 0 Å².